The number of amides is 1. The number of amidine groups is 1. The topological polar surface area (TPSA) is 84.0 Å². The molecule has 30 heavy (non-hydrogen) atoms. The highest BCUT2D eigenvalue weighted by Crippen LogP contribution is 2.24. The van der Waals surface area contributed by atoms with Gasteiger partial charge < -0.3 is 9.73 Å². The summed E-state index contributed by atoms with van der Waals surface area (Å²) in [5.74, 6) is 0.984. The summed E-state index contributed by atoms with van der Waals surface area (Å²) in [6.45, 7) is 2.03. The van der Waals surface area contributed by atoms with E-state index in [1.54, 1.807) is 30.3 Å². The smallest absolute Gasteiger partial charge is 0.240 e. The second-order valence-corrected chi connectivity index (χ2v) is 8.00. The van der Waals surface area contributed by atoms with Gasteiger partial charge in [-0.25, -0.2) is 0 Å². The van der Waals surface area contributed by atoms with Crippen LogP contribution >= 0.6 is 11.8 Å². The molecule has 0 saturated carbocycles. The van der Waals surface area contributed by atoms with Crippen molar-refractivity contribution in [3.63, 3.8) is 0 Å². The second-order valence-electron chi connectivity index (χ2n) is 6.81. The summed E-state index contributed by atoms with van der Waals surface area (Å²) in [7, 11) is 0. The van der Waals surface area contributed by atoms with Crippen LogP contribution in [0.1, 0.15) is 28.1 Å². The van der Waals surface area contributed by atoms with E-state index in [9.17, 15) is 9.59 Å². The normalized spacial score (nSPS) is 17.6. The zero-order valence-corrected chi connectivity index (χ0v) is 17.1. The molecular weight excluding hydrogens is 398 g/mol. The number of aryl methyl sites for hydroxylation is 1. The quantitative estimate of drug-likeness (QED) is 0.365. The highest BCUT2D eigenvalue weighted by atomic mass is 32.2. The SMILES string of the molecule is Cc1ccc(-c2ccc(/C=N/N=C3\NC(=O)C(CC(=O)c4ccccc4)S3)o2)cc1. The fourth-order valence-corrected chi connectivity index (χ4v) is 3.85. The Kier molecular flexibility index (Phi) is 5.90. The van der Waals surface area contributed by atoms with Gasteiger partial charge in [0.05, 0.1) is 11.5 Å². The summed E-state index contributed by atoms with van der Waals surface area (Å²) in [5, 5.41) is 10.6. The van der Waals surface area contributed by atoms with E-state index in [1.165, 1.54) is 23.5 Å². The Morgan fingerprint density at radius 2 is 1.87 bits per heavy atom. The van der Waals surface area contributed by atoms with E-state index < -0.39 is 5.25 Å². The average molecular weight is 417 g/mol. The fourth-order valence-electron chi connectivity index (χ4n) is 2.93. The van der Waals surface area contributed by atoms with Crippen LogP contribution in [0.5, 0.6) is 0 Å². The van der Waals surface area contributed by atoms with Gasteiger partial charge in [0.1, 0.15) is 11.5 Å². The first-order valence-electron chi connectivity index (χ1n) is 9.42. The number of ketones is 1. The Hall–Kier alpha value is -3.45. The number of carbonyl (C=O) groups is 2. The highest BCUT2D eigenvalue weighted by molar-refractivity contribution is 8.15. The van der Waals surface area contributed by atoms with Crippen LogP contribution in [0, 0.1) is 6.92 Å². The van der Waals surface area contributed by atoms with Gasteiger partial charge in [0.2, 0.25) is 5.91 Å². The lowest BCUT2D eigenvalue weighted by atomic mass is 10.1. The molecule has 1 amide bonds. The van der Waals surface area contributed by atoms with Crippen molar-refractivity contribution in [3.8, 4) is 11.3 Å². The number of benzene rings is 2. The summed E-state index contributed by atoms with van der Waals surface area (Å²) >= 11 is 1.20. The van der Waals surface area contributed by atoms with Crippen LogP contribution < -0.4 is 5.32 Å². The Morgan fingerprint density at radius 3 is 2.63 bits per heavy atom. The number of hydrogen-bond donors (Lipinski definition) is 1. The monoisotopic (exact) mass is 417 g/mol. The third kappa shape index (κ3) is 4.75. The van der Waals surface area contributed by atoms with E-state index >= 15 is 0 Å². The fraction of sp³-hybridized carbons (Fsp3) is 0.130. The van der Waals surface area contributed by atoms with Gasteiger partial charge in [0.15, 0.2) is 11.0 Å². The lowest BCUT2D eigenvalue weighted by molar-refractivity contribution is -0.118. The molecule has 1 atom stereocenters. The summed E-state index contributed by atoms with van der Waals surface area (Å²) in [5.41, 5.74) is 2.76. The Labute approximate surface area is 178 Å². The highest BCUT2D eigenvalue weighted by Gasteiger charge is 2.32. The Morgan fingerprint density at radius 1 is 1.10 bits per heavy atom. The molecule has 2 aromatic carbocycles. The standard InChI is InChI=1S/C23H19N3O3S/c1-15-7-9-17(10-8-15)20-12-11-18(29-20)14-24-26-23-25-22(28)21(30-23)13-19(27)16-5-3-2-4-6-16/h2-12,14,21H,13H2,1H3,(H,25,26,28)/b24-14+. The molecule has 3 aromatic rings. The molecule has 1 saturated heterocycles. The van der Waals surface area contributed by atoms with Crippen molar-refractivity contribution in [1.29, 1.82) is 0 Å². The summed E-state index contributed by atoms with van der Waals surface area (Å²) in [6, 6.07) is 20.7. The molecule has 1 aromatic heterocycles. The first-order valence-corrected chi connectivity index (χ1v) is 10.3. The van der Waals surface area contributed by atoms with Gasteiger partial charge in [-0.2, -0.15) is 5.10 Å². The minimum atomic E-state index is -0.511. The van der Waals surface area contributed by atoms with Crippen LogP contribution in [-0.2, 0) is 4.79 Å². The molecule has 2 heterocycles. The van der Waals surface area contributed by atoms with Gasteiger partial charge in [0.25, 0.3) is 0 Å². The molecular formula is C23H19N3O3S. The molecule has 1 fully saturated rings. The van der Waals surface area contributed by atoms with Crippen molar-refractivity contribution in [2.45, 2.75) is 18.6 Å². The van der Waals surface area contributed by atoms with Crippen LogP contribution in [0.3, 0.4) is 0 Å². The maximum Gasteiger partial charge on any atom is 0.240 e. The average Bonchev–Trinajstić information content (AvgIpc) is 3.36. The molecule has 0 radical (unpaired) electrons. The van der Waals surface area contributed by atoms with Crippen LogP contribution in [0.15, 0.2) is 81.4 Å². The number of hydrogen-bond acceptors (Lipinski definition) is 6. The molecule has 0 aliphatic carbocycles. The summed E-state index contributed by atoms with van der Waals surface area (Å²) in [4.78, 5) is 24.4. The number of rotatable bonds is 6. The summed E-state index contributed by atoms with van der Waals surface area (Å²) in [6.07, 6.45) is 1.60. The molecule has 4 rings (SSSR count). The first-order chi connectivity index (χ1) is 14.6. The zero-order chi connectivity index (χ0) is 20.9. The van der Waals surface area contributed by atoms with Gasteiger partial charge >= 0.3 is 0 Å². The largest absolute Gasteiger partial charge is 0.455 e. The van der Waals surface area contributed by atoms with Crippen molar-refractivity contribution in [3.05, 3.63) is 83.6 Å². The molecule has 1 N–H and O–H groups in total. The lowest BCUT2D eigenvalue weighted by Gasteiger charge is -2.04. The van der Waals surface area contributed by atoms with E-state index in [2.05, 4.69) is 15.5 Å². The molecule has 7 heteroatoms. The number of furan rings is 1. The molecule has 1 unspecified atom stereocenters. The summed E-state index contributed by atoms with van der Waals surface area (Å²) < 4.78 is 5.76. The number of thioether (sulfide) groups is 1. The second kappa shape index (κ2) is 8.92. The van der Waals surface area contributed by atoms with E-state index in [4.69, 9.17) is 4.42 Å². The molecule has 150 valence electrons. The molecule has 0 spiro atoms. The number of Topliss-reactive ketones (excluding diaryl/α,β-unsaturated/α-hetero) is 1. The van der Waals surface area contributed by atoms with Crippen LogP contribution in [0.4, 0.5) is 0 Å². The number of nitrogens with zero attached hydrogens (tertiary/aromatic N) is 2. The third-order valence-corrected chi connectivity index (χ3v) is 5.61. The van der Waals surface area contributed by atoms with Crippen molar-refractivity contribution in [1.82, 2.24) is 5.32 Å². The zero-order valence-electron chi connectivity index (χ0n) is 16.2. The van der Waals surface area contributed by atoms with E-state index in [0.717, 1.165) is 11.3 Å². The van der Waals surface area contributed by atoms with E-state index in [1.807, 2.05) is 43.3 Å². The van der Waals surface area contributed by atoms with E-state index in [-0.39, 0.29) is 18.1 Å². The molecule has 6 nitrogen and oxygen atoms in total. The van der Waals surface area contributed by atoms with Crippen molar-refractivity contribution >= 4 is 34.8 Å². The first kappa shape index (κ1) is 19.8. The predicted molar refractivity (Wildman–Crippen MR) is 119 cm³/mol. The van der Waals surface area contributed by atoms with Crippen LogP contribution in [0.2, 0.25) is 0 Å². The van der Waals surface area contributed by atoms with Gasteiger partial charge in [-0.3, -0.25) is 9.59 Å². The predicted octanol–water partition coefficient (Wildman–Crippen LogP) is 4.45. The van der Waals surface area contributed by atoms with Gasteiger partial charge in [-0.15, -0.1) is 5.10 Å². The molecule has 1 aliphatic rings. The number of carbonyl (C=O) groups excluding carboxylic acids is 2. The van der Waals surface area contributed by atoms with Crippen molar-refractivity contribution in [2.75, 3.05) is 0 Å². The Balaban J connectivity index is 1.36. The molecule has 1 aliphatic heterocycles. The van der Waals surface area contributed by atoms with Crippen LogP contribution in [-0.4, -0.2) is 28.3 Å². The maximum absolute atomic E-state index is 12.3. The van der Waals surface area contributed by atoms with Gasteiger partial charge in [-0.1, -0.05) is 71.9 Å². The van der Waals surface area contributed by atoms with Gasteiger partial charge in [-0.05, 0) is 19.1 Å². The Bertz CT molecular complexity index is 1120. The van der Waals surface area contributed by atoms with E-state index in [0.29, 0.717) is 16.5 Å². The maximum atomic E-state index is 12.3. The van der Waals surface area contributed by atoms with Crippen molar-refractivity contribution in [2.24, 2.45) is 10.2 Å². The van der Waals surface area contributed by atoms with Crippen molar-refractivity contribution < 1.29 is 14.0 Å². The lowest BCUT2D eigenvalue weighted by Crippen LogP contribution is -2.26. The third-order valence-electron chi connectivity index (χ3n) is 4.54. The van der Waals surface area contributed by atoms with Gasteiger partial charge in [0, 0.05) is 17.5 Å². The molecule has 0 bridgehead atoms. The minimum absolute atomic E-state index is 0.0766. The number of nitrogens with one attached hydrogen (secondary N) is 1. The van der Waals surface area contributed by atoms with Crippen LogP contribution in [0.25, 0.3) is 11.3 Å². The minimum Gasteiger partial charge on any atom is -0.455 e.